The zero-order valence-corrected chi connectivity index (χ0v) is 17.3. The molecule has 5 nitrogen and oxygen atoms in total. The molecule has 0 aliphatic carbocycles. The molecule has 0 spiro atoms. The molecule has 0 saturated carbocycles. The summed E-state index contributed by atoms with van der Waals surface area (Å²) in [6, 6.07) is 4.25. The van der Waals surface area contributed by atoms with Gasteiger partial charge in [-0.25, -0.2) is 4.39 Å². The van der Waals surface area contributed by atoms with Crippen molar-refractivity contribution in [2.24, 2.45) is 0 Å². The summed E-state index contributed by atoms with van der Waals surface area (Å²) in [6.07, 6.45) is -4.19. The van der Waals surface area contributed by atoms with Gasteiger partial charge in [-0.3, -0.25) is 9.48 Å². The molecule has 1 amide bonds. The van der Waals surface area contributed by atoms with E-state index in [4.69, 9.17) is 11.6 Å². The Morgan fingerprint density at radius 3 is 2.34 bits per heavy atom. The minimum Gasteiger partial charge on any atom is -0.347 e. The average molecular weight is 435 g/mol. The third kappa shape index (κ3) is 5.70. The Labute approximate surface area is 171 Å². The molecular formula is C19H23ClF4N4O. The van der Waals surface area contributed by atoms with Gasteiger partial charge in [0.1, 0.15) is 11.9 Å². The number of hydrogen-bond donors (Lipinski definition) is 1. The predicted octanol–water partition coefficient (Wildman–Crippen LogP) is 4.37. The summed E-state index contributed by atoms with van der Waals surface area (Å²) in [7, 11) is 3.75. The van der Waals surface area contributed by atoms with Gasteiger partial charge in [0.2, 0.25) is 5.91 Å². The van der Waals surface area contributed by atoms with E-state index in [1.807, 2.05) is 19.0 Å². The van der Waals surface area contributed by atoms with E-state index in [0.717, 1.165) is 4.68 Å². The number of benzene rings is 1. The lowest BCUT2D eigenvalue weighted by atomic mass is 10.0. The van der Waals surface area contributed by atoms with Gasteiger partial charge in [0.25, 0.3) is 0 Å². The van der Waals surface area contributed by atoms with Crippen molar-refractivity contribution in [3.8, 4) is 0 Å². The molecule has 2 rings (SSSR count). The number of halogens is 5. The van der Waals surface area contributed by atoms with E-state index in [1.165, 1.54) is 26.0 Å². The summed E-state index contributed by atoms with van der Waals surface area (Å²) in [5.74, 6) is -0.921. The van der Waals surface area contributed by atoms with Crippen molar-refractivity contribution in [3.05, 3.63) is 52.1 Å². The van der Waals surface area contributed by atoms with Gasteiger partial charge >= 0.3 is 6.18 Å². The molecule has 2 atom stereocenters. The summed E-state index contributed by atoms with van der Waals surface area (Å²) in [4.78, 5) is 14.7. The third-order valence-electron chi connectivity index (χ3n) is 4.55. The Hall–Kier alpha value is -2.13. The molecule has 160 valence electrons. The van der Waals surface area contributed by atoms with Gasteiger partial charge in [0.05, 0.1) is 16.8 Å². The number of amides is 1. The second-order valence-corrected chi connectivity index (χ2v) is 7.45. The Morgan fingerprint density at radius 2 is 1.86 bits per heavy atom. The summed E-state index contributed by atoms with van der Waals surface area (Å²) in [5.41, 5.74) is -0.479. The van der Waals surface area contributed by atoms with Crippen LogP contribution in [0.1, 0.15) is 42.4 Å². The van der Waals surface area contributed by atoms with Crippen molar-refractivity contribution in [3.63, 3.8) is 0 Å². The van der Waals surface area contributed by atoms with E-state index in [0.29, 0.717) is 18.5 Å². The van der Waals surface area contributed by atoms with Gasteiger partial charge in [-0.2, -0.15) is 18.3 Å². The molecule has 0 bridgehead atoms. The molecule has 0 radical (unpaired) electrons. The van der Waals surface area contributed by atoms with Crippen LogP contribution in [0.2, 0.25) is 5.02 Å². The first-order valence-corrected chi connectivity index (χ1v) is 9.32. The van der Waals surface area contributed by atoms with Gasteiger partial charge in [-0.1, -0.05) is 23.7 Å². The van der Waals surface area contributed by atoms with Crippen LogP contribution in [0.3, 0.4) is 0 Å². The Kier molecular flexibility index (Phi) is 7.29. The average Bonchev–Trinajstić information content (AvgIpc) is 2.94. The fourth-order valence-corrected chi connectivity index (χ4v) is 3.10. The summed E-state index contributed by atoms with van der Waals surface area (Å²) < 4.78 is 53.4. The number of carbonyl (C=O) groups excluding carboxylic acids is 1. The summed E-state index contributed by atoms with van der Waals surface area (Å²) >= 11 is 5.77. The smallest absolute Gasteiger partial charge is 0.347 e. The standard InChI is InChI=1S/C19H23ClF4N4O/c1-11-16(20)17(19(22,23)24)26-28(11)12(2)18(29)25-15(9-10-27(3)4)13-5-7-14(21)8-6-13/h5-8,12,15H,9-10H2,1-4H3,(H,25,29). The van der Waals surface area contributed by atoms with Crippen molar-refractivity contribution in [1.29, 1.82) is 0 Å². The van der Waals surface area contributed by atoms with Crippen molar-refractivity contribution in [2.45, 2.75) is 38.5 Å². The number of hydrogen-bond acceptors (Lipinski definition) is 3. The number of aromatic nitrogens is 2. The molecule has 10 heteroatoms. The monoisotopic (exact) mass is 434 g/mol. The molecule has 0 aliphatic heterocycles. The highest BCUT2D eigenvalue weighted by molar-refractivity contribution is 6.32. The first-order valence-electron chi connectivity index (χ1n) is 8.94. The second kappa shape index (κ2) is 9.13. The Morgan fingerprint density at radius 1 is 1.28 bits per heavy atom. The maximum absolute atomic E-state index is 13.2. The fraction of sp³-hybridized carbons (Fsp3) is 0.474. The maximum Gasteiger partial charge on any atom is 0.436 e. The lowest BCUT2D eigenvalue weighted by Crippen LogP contribution is -2.36. The van der Waals surface area contributed by atoms with Crippen LogP contribution >= 0.6 is 11.6 Å². The van der Waals surface area contributed by atoms with Crippen molar-refractivity contribution < 1.29 is 22.4 Å². The molecule has 2 aromatic rings. The van der Waals surface area contributed by atoms with Crippen LogP contribution in [0.4, 0.5) is 17.6 Å². The fourth-order valence-electron chi connectivity index (χ4n) is 2.86. The first-order chi connectivity index (χ1) is 13.4. The predicted molar refractivity (Wildman–Crippen MR) is 102 cm³/mol. The van der Waals surface area contributed by atoms with Gasteiger partial charge < -0.3 is 10.2 Å². The second-order valence-electron chi connectivity index (χ2n) is 7.07. The highest BCUT2D eigenvalue weighted by Crippen LogP contribution is 2.36. The molecule has 0 aliphatic rings. The molecule has 1 N–H and O–H groups in total. The van der Waals surface area contributed by atoms with Crippen LogP contribution in [0, 0.1) is 12.7 Å². The molecule has 2 unspecified atom stereocenters. The number of nitrogens with zero attached hydrogens (tertiary/aromatic N) is 3. The number of nitrogens with one attached hydrogen (secondary N) is 1. The van der Waals surface area contributed by atoms with Crippen LogP contribution in [-0.4, -0.2) is 41.2 Å². The summed E-state index contributed by atoms with van der Waals surface area (Å²) in [6.45, 7) is 3.46. The summed E-state index contributed by atoms with van der Waals surface area (Å²) in [5, 5.41) is 5.81. The lowest BCUT2D eigenvalue weighted by Gasteiger charge is -2.23. The van der Waals surface area contributed by atoms with E-state index >= 15 is 0 Å². The van der Waals surface area contributed by atoms with Gasteiger partial charge in [-0.05, 0) is 58.6 Å². The molecule has 0 saturated heterocycles. The van der Waals surface area contributed by atoms with E-state index in [1.54, 1.807) is 12.1 Å². The van der Waals surface area contributed by atoms with Gasteiger partial charge in [-0.15, -0.1) is 0 Å². The molecular weight excluding hydrogens is 412 g/mol. The topological polar surface area (TPSA) is 50.2 Å². The Bertz CT molecular complexity index is 849. The van der Waals surface area contributed by atoms with Crippen molar-refractivity contribution in [2.75, 3.05) is 20.6 Å². The van der Waals surface area contributed by atoms with Gasteiger partial charge in [0.15, 0.2) is 5.69 Å². The van der Waals surface area contributed by atoms with E-state index in [9.17, 15) is 22.4 Å². The van der Waals surface area contributed by atoms with Crippen LogP contribution < -0.4 is 5.32 Å². The molecule has 1 aromatic heterocycles. The molecule has 29 heavy (non-hydrogen) atoms. The van der Waals surface area contributed by atoms with E-state index in [-0.39, 0.29) is 5.69 Å². The number of alkyl halides is 3. The molecule has 0 fully saturated rings. The van der Waals surface area contributed by atoms with Crippen LogP contribution in [0.25, 0.3) is 0 Å². The van der Waals surface area contributed by atoms with Crippen LogP contribution in [0.15, 0.2) is 24.3 Å². The largest absolute Gasteiger partial charge is 0.436 e. The molecule has 1 aromatic carbocycles. The zero-order chi connectivity index (χ0) is 21.9. The zero-order valence-electron chi connectivity index (χ0n) is 16.5. The highest BCUT2D eigenvalue weighted by Gasteiger charge is 2.39. The van der Waals surface area contributed by atoms with Crippen molar-refractivity contribution >= 4 is 17.5 Å². The minimum atomic E-state index is -4.72. The van der Waals surface area contributed by atoms with Crippen LogP contribution in [0.5, 0.6) is 0 Å². The Balaban J connectivity index is 2.25. The van der Waals surface area contributed by atoms with Crippen LogP contribution in [-0.2, 0) is 11.0 Å². The lowest BCUT2D eigenvalue weighted by molar-refractivity contribution is -0.141. The number of rotatable bonds is 7. The SMILES string of the molecule is Cc1c(Cl)c(C(F)(F)F)nn1C(C)C(=O)NC(CCN(C)C)c1ccc(F)cc1. The minimum absolute atomic E-state index is 0.0493. The normalized spacial score (nSPS) is 14.1. The van der Waals surface area contributed by atoms with E-state index in [2.05, 4.69) is 10.4 Å². The van der Waals surface area contributed by atoms with Gasteiger partial charge in [0, 0.05) is 0 Å². The molecule has 1 heterocycles. The van der Waals surface area contributed by atoms with Crippen molar-refractivity contribution in [1.82, 2.24) is 20.0 Å². The first kappa shape index (κ1) is 23.2. The number of carbonyl (C=O) groups is 1. The quantitative estimate of drug-likeness (QED) is 0.658. The van der Waals surface area contributed by atoms with E-state index < -0.39 is 40.7 Å². The third-order valence-corrected chi connectivity index (χ3v) is 5.00. The maximum atomic E-state index is 13.2. The highest BCUT2D eigenvalue weighted by atomic mass is 35.5.